The zero-order valence-corrected chi connectivity index (χ0v) is 22.5. The zero-order valence-electron chi connectivity index (χ0n) is 21.7. The number of anilines is 1. The van der Waals surface area contributed by atoms with Crippen molar-refractivity contribution in [3.8, 4) is 11.5 Å². The van der Waals surface area contributed by atoms with E-state index in [-0.39, 0.29) is 37.7 Å². The zero-order chi connectivity index (χ0) is 28.5. The maximum atomic E-state index is 14.8. The quantitative estimate of drug-likeness (QED) is 0.399. The van der Waals surface area contributed by atoms with Gasteiger partial charge in [0.25, 0.3) is 0 Å². The van der Waals surface area contributed by atoms with Crippen LogP contribution in [0.5, 0.6) is 11.5 Å². The number of alkyl halides is 3. The Morgan fingerprint density at radius 2 is 1.97 bits per heavy atom. The molecule has 1 saturated heterocycles. The molecule has 3 aromatic rings. The van der Waals surface area contributed by atoms with E-state index in [9.17, 15) is 26.0 Å². The molecular formula is C25H28F4N4O5S. The first-order chi connectivity index (χ1) is 18.3. The van der Waals surface area contributed by atoms with E-state index in [2.05, 4.69) is 15.3 Å². The Hall–Kier alpha value is -3.23. The van der Waals surface area contributed by atoms with E-state index in [0.29, 0.717) is 34.3 Å². The van der Waals surface area contributed by atoms with Crippen LogP contribution in [0.1, 0.15) is 29.9 Å². The van der Waals surface area contributed by atoms with E-state index >= 15 is 0 Å². The highest BCUT2D eigenvalue weighted by atomic mass is 32.2. The Labute approximate surface area is 223 Å². The van der Waals surface area contributed by atoms with Crippen molar-refractivity contribution in [1.29, 1.82) is 0 Å². The maximum absolute atomic E-state index is 14.8. The Kier molecular flexibility index (Phi) is 8.19. The van der Waals surface area contributed by atoms with Gasteiger partial charge in [-0.2, -0.15) is 17.5 Å². The van der Waals surface area contributed by atoms with Gasteiger partial charge in [0, 0.05) is 30.1 Å². The molecule has 212 valence electrons. The minimum absolute atomic E-state index is 0.0230. The van der Waals surface area contributed by atoms with Crippen LogP contribution in [0.25, 0.3) is 10.9 Å². The predicted molar refractivity (Wildman–Crippen MR) is 136 cm³/mol. The number of aromatic nitrogens is 2. The van der Waals surface area contributed by atoms with Crippen molar-refractivity contribution in [3.63, 3.8) is 0 Å². The molecule has 0 amide bonds. The molecule has 0 spiro atoms. The van der Waals surface area contributed by atoms with Gasteiger partial charge in [-0.1, -0.05) is 12.1 Å². The van der Waals surface area contributed by atoms with Gasteiger partial charge in [-0.15, -0.1) is 0 Å². The summed E-state index contributed by atoms with van der Waals surface area (Å²) < 4.78 is 96.6. The second kappa shape index (κ2) is 11.1. The molecule has 2 aromatic carbocycles. The van der Waals surface area contributed by atoms with Gasteiger partial charge in [-0.05, 0) is 26.0 Å². The normalized spacial score (nSPS) is 17.7. The molecule has 9 nitrogen and oxygen atoms in total. The molecule has 0 radical (unpaired) electrons. The van der Waals surface area contributed by atoms with Gasteiger partial charge in [0.05, 0.1) is 37.1 Å². The fourth-order valence-corrected chi connectivity index (χ4v) is 5.14. The minimum atomic E-state index is -4.83. The van der Waals surface area contributed by atoms with Crippen molar-refractivity contribution in [2.24, 2.45) is 0 Å². The second-order valence-corrected chi connectivity index (χ2v) is 11.1. The van der Waals surface area contributed by atoms with E-state index in [1.54, 1.807) is 19.1 Å². The molecule has 14 heteroatoms. The number of sulfonamides is 1. The van der Waals surface area contributed by atoms with Gasteiger partial charge >= 0.3 is 6.18 Å². The molecule has 1 aliphatic rings. The average Bonchev–Trinajstić information content (AvgIpc) is 2.86. The number of halogens is 4. The summed E-state index contributed by atoms with van der Waals surface area (Å²) >= 11 is 0. The molecule has 1 aliphatic heterocycles. The largest absolute Gasteiger partial charge is 0.493 e. The fraction of sp³-hybridized carbons (Fsp3) is 0.440. The molecule has 1 fully saturated rings. The minimum Gasteiger partial charge on any atom is -0.493 e. The number of morpholine rings is 1. The number of rotatable bonds is 8. The standard InChI is InChI=1S/C25H28F4N4O5S/c1-14(17-6-5-7-19(23(17)26)25(27,28)29)30-24-18-10-22(21(36-3)11-20(18)31-15(2)32-24)38-13-16-12-33(8-9-37-16)39(4,34)35/h5-7,10-11,14,16H,8-9,12-13H2,1-4H3,(H,30,31,32)/t14-,16-/m1/s1. The van der Waals surface area contributed by atoms with Crippen LogP contribution >= 0.6 is 0 Å². The summed E-state index contributed by atoms with van der Waals surface area (Å²) in [5.41, 5.74) is -1.07. The Balaban J connectivity index is 1.63. The third-order valence-electron chi connectivity index (χ3n) is 6.24. The highest BCUT2D eigenvalue weighted by molar-refractivity contribution is 7.88. The van der Waals surface area contributed by atoms with E-state index in [0.717, 1.165) is 12.3 Å². The van der Waals surface area contributed by atoms with Gasteiger partial charge < -0.3 is 19.5 Å². The Bertz CT molecular complexity index is 1470. The second-order valence-electron chi connectivity index (χ2n) is 9.14. The van der Waals surface area contributed by atoms with Crippen molar-refractivity contribution in [1.82, 2.24) is 14.3 Å². The molecule has 1 N–H and O–H groups in total. The van der Waals surface area contributed by atoms with Crippen LogP contribution < -0.4 is 14.8 Å². The summed E-state index contributed by atoms with van der Waals surface area (Å²) in [6.07, 6.45) is -4.23. The molecule has 0 aliphatic carbocycles. The maximum Gasteiger partial charge on any atom is 0.419 e. The summed E-state index contributed by atoms with van der Waals surface area (Å²) in [4.78, 5) is 8.80. The summed E-state index contributed by atoms with van der Waals surface area (Å²) in [5, 5.41) is 3.46. The molecule has 39 heavy (non-hydrogen) atoms. The summed E-state index contributed by atoms with van der Waals surface area (Å²) in [5.74, 6) is -0.0976. The van der Waals surface area contributed by atoms with Gasteiger partial charge in [-0.3, -0.25) is 0 Å². The van der Waals surface area contributed by atoms with E-state index in [1.165, 1.54) is 24.4 Å². The van der Waals surface area contributed by atoms with E-state index in [4.69, 9.17) is 14.2 Å². The van der Waals surface area contributed by atoms with Crippen LogP contribution in [0, 0.1) is 12.7 Å². The lowest BCUT2D eigenvalue weighted by atomic mass is 10.0. The summed E-state index contributed by atoms with van der Waals surface area (Å²) in [7, 11) is -1.94. The molecule has 0 unspecified atom stereocenters. The van der Waals surface area contributed by atoms with Crippen LogP contribution in [0.15, 0.2) is 30.3 Å². The van der Waals surface area contributed by atoms with E-state index in [1.807, 2.05) is 0 Å². The van der Waals surface area contributed by atoms with Crippen molar-refractivity contribution in [2.45, 2.75) is 32.2 Å². The number of hydrogen-bond acceptors (Lipinski definition) is 8. The lowest BCUT2D eigenvalue weighted by Crippen LogP contribution is -2.47. The predicted octanol–water partition coefficient (Wildman–Crippen LogP) is 4.32. The number of ether oxygens (including phenoxy) is 3. The van der Waals surface area contributed by atoms with Gasteiger partial charge in [0.15, 0.2) is 11.5 Å². The van der Waals surface area contributed by atoms with Crippen LogP contribution in [-0.2, 0) is 20.9 Å². The van der Waals surface area contributed by atoms with Crippen LogP contribution in [0.4, 0.5) is 23.4 Å². The van der Waals surface area contributed by atoms with Crippen molar-refractivity contribution >= 4 is 26.7 Å². The number of aryl methyl sites for hydroxylation is 1. The van der Waals surface area contributed by atoms with Gasteiger partial charge in [0.1, 0.15) is 30.2 Å². The number of fused-ring (bicyclic) bond motifs is 1. The van der Waals surface area contributed by atoms with E-state index < -0.39 is 39.7 Å². The highest BCUT2D eigenvalue weighted by Gasteiger charge is 2.35. The molecule has 1 aromatic heterocycles. The Morgan fingerprint density at radius 1 is 1.23 bits per heavy atom. The topological polar surface area (TPSA) is 103 Å². The molecule has 0 saturated carbocycles. The number of hydrogen-bond donors (Lipinski definition) is 1. The molecular weight excluding hydrogens is 544 g/mol. The third kappa shape index (κ3) is 6.50. The van der Waals surface area contributed by atoms with Crippen LogP contribution in [-0.4, -0.2) is 68.5 Å². The first-order valence-corrected chi connectivity index (χ1v) is 13.8. The monoisotopic (exact) mass is 572 g/mol. The van der Waals surface area contributed by atoms with Gasteiger partial charge in [0.2, 0.25) is 10.0 Å². The van der Waals surface area contributed by atoms with Crippen LogP contribution in [0.3, 0.4) is 0 Å². The van der Waals surface area contributed by atoms with Crippen molar-refractivity contribution < 1.29 is 40.2 Å². The van der Waals surface area contributed by atoms with Crippen molar-refractivity contribution in [3.05, 3.63) is 53.1 Å². The highest BCUT2D eigenvalue weighted by Crippen LogP contribution is 2.37. The first kappa shape index (κ1) is 28.8. The smallest absolute Gasteiger partial charge is 0.419 e. The number of benzene rings is 2. The lowest BCUT2D eigenvalue weighted by Gasteiger charge is -2.31. The average molecular weight is 573 g/mol. The molecule has 0 bridgehead atoms. The molecule has 4 rings (SSSR count). The summed E-state index contributed by atoms with van der Waals surface area (Å²) in [6, 6.07) is 5.45. The number of nitrogens with one attached hydrogen (secondary N) is 1. The molecule has 2 atom stereocenters. The Morgan fingerprint density at radius 3 is 2.64 bits per heavy atom. The first-order valence-electron chi connectivity index (χ1n) is 12.0. The number of methoxy groups -OCH3 is 1. The van der Waals surface area contributed by atoms with Crippen LogP contribution in [0.2, 0.25) is 0 Å². The fourth-order valence-electron chi connectivity index (χ4n) is 4.30. The van der Waals surface area contributed by atoms with Crippen molar-refractivity contribution in [2.75, 3.05) is 45.0 Å². The SMILES string of the molecule is COc1cc2nc(C)nc(N[C@H](C)c3cccc(C(F)(F)F)c3F)c2cc1OC[C@H]1CN(S(C)(=O)=O)CCO1. The summed E-state index contributed by atoms with van der Waals surface area (Å²) in [6.45, 7) is 3.80. The number of nitrogens with zero attached hydrogens (tertiary/aromatic N) is 3. The third-order valence-corrected chi connectivity index (χ3v) is 7.51. The molecule has 2 heterocycles. The van der Waals surface area contributed by atoms with Gasteiger partial charge in [-0.25, -0.2) is 22.8 Å². The lowest BCUT2D eigenvalue weighted by molar-refractivity contribution is -0.140.